The minimum atomic E-state index is 0.185. The summed E-state index contributed by atoms with van der Waals surface area (Å²) in [4.78, 5) is 14.0. The topological polar surface area (TPSA) is 37.3 Å². The molecular weight excluding hydrogens is 238 g/mol. The molecule has 0 aliphatic rings. The lowest BCUT2D eigenvalue weighted by Crippen LogP contribution is -2.34. The lowest BCUT2D eigenvalue weighted by atomic mass is 10.2. The van der Waals surface area contributed by atoms with Crippen molar-refractivity contribution in [3.05, 3.63) is 24.0 Å². The highest BCUT2D eigenvalue weighted by Crippen LogP contribution is 2.13. The number of nitrogens with one attached hydrogen (secondary N) is 1. The molecule has 0 aliphatic carbocycles. The number of hydrogen-bond acceptors (Lipinski definition) is 2. The molecule has 1 unspecified atom stereocenters. The Bertz CT molecular complexity index is 382. The predicted molar refractivity (Wildman–Crippen MR) is 79.1 cm³/mol. The molecule has 1 rings (SSSR count). The van der Waals surface area contributed by atoms with Crippen molar-refractivity contribution in [2.45, 2.75) is 46.7 Å². The van der Waals surface area contributed by atoms with Crippen molar-refractivity contribution in [1.29, 1.82) is 0 Å². The zero-order chi connectivity index (χ0) is 14.3. The Morgan fingerprint density at radius 1 is 1.37 bits per heavy atom. The van der Waals surface area contributed by atoms with Crippen LogP contribution in [0.15, 0.2) is 18.3 Å². The molecule has 1 heterocycles. The second-order valence-corrected chi connectivity index (χ2v) is 4.80. The van der Waals surface area contributed by atoms with Crippen LogP contribution in [0.25, 0.3) is 0 Å². The van der Waals surface area contributed by atoms with Crippen LogP contribution in [-0.4, -0.2) is 35.0 Å². The molecule has 0 radical (unpaired) electrons. The lowest BCUT2D eigenvalue weighted by molar-refractivity contribution is -0.131. The summed E-state index contributed by atoms with van der Waals surface area (Å²) in [5, 5.41) is 3.46. The van der Waals surface area contributed by atoms with Crippen LogP contribution in [0.5, 0.6) is 0 Å². The molecule has 0 bridgehead atoms. The SMILES string of the molecule is CCCNC(C)c1cccn1CC(=O)N(CC)CC. The molecule has 1 atom stereocenters. The fourth-order valence-electron chi connectivity index (χ4n) is 2.25. The van der Waals surface area contributed by atoms with Gasteiger partial charge in [0, 0.05) is 31.0 Å². The van der Waals surface area contributed by atoms with Crippen LogP contribution in [0.2, 0.25) is 0 Å². The number of aromatic nitrogens is 1. The zero-order valence-corrected chi connectivity index (χ0v) is 12.6. The van der Waals surface area contributed by atoms with Gasteiger partial charge in [-0.3, -0.25) is 4.79 Å². The summed E-state index contributed by atoms with van der Waals surface area (Å²) in [7, 11) is 0. The first-order chi connectivity index (χ1) is 9.13. The van der Waals surface area contributed by atoms with Crippen LogP contribution in [-0.2, 0) is 11.3 Å². The van der Waals surface area contributed by atoms with Crippen molar-refractivity contribution in [3.63, 3.8) is 0 Å². The molecule has 1 aromatic rings. The van der Waals surface area contributed by atoms with E-state index in [1.165, 1.54) is 5.69 Å². The van der Waals surface area contributed by atoms with E-state index in [1.54, 1.807) is 0 Å². The van der Waals surface area contributed by atoms with Gasteiger partial charge in [-0.1, -0.05) is 6.92 Å². The summed E-state index contributed by atoms with van der Waals surface area (Å²) in [6.07, 6.45) is 3.10. The average molecular weight is 265 g/mol. The van der Waals surface area contributed by atoms with E-state index >= 15 is 0 Å². The molecule has 108 valence electrons. The predicted octanol–water partition coefficient (Wildman–Crippen LogP) is 2.42. The number of likely N-dealkylation sites (N-methyl/N-ethyl adjacent to an activating group) is 1. The summed E-state index contributed by atoms with van der Waals surface area (Å²) in [5.74, 6) is 0.185. The van der Waals surface area contributed by atoms with Crippen LogP contribution >= 0.6 is 0 Å². The highest BCUT2D eigenvalue weighted by Gasteiger charge is 2.14. The third kappa shape index (κ3) is 4.39. The molecule has 19 heavy (non-hydrogen) atoms. The average Bonchev–Trinajstić information content (AvgIpc) is 2.85. The van der Waals surface area contributed by atoms with E-state index in [9.17, 15) is 4.79 Å². The van der Waals surface area contributed by atoms with Gasteiger partial charge in [-0.25, -0.2) is 0 Å². The van der Waals surface area contributed by atoms with Crippen LogP contribution in [0.4, 0.5) is 0 Å². The van der Waals surface area contributed by atoms with Gasteiger partial charge in [0.15, 0.2) is 0 Å². The third-order valence-electron chi connectivity index (χ3n) is 3.43. The normalized spacial score (nSPS) is 12.4. The molecule has 4 heteroatoms. The summed E-state index contributed by atoms with van der Waals surface area (Å²) in [6.45, 7) is 11.3. The van der Waals surface area contributed by atoms with Crippen molar-refractivity contribution >= 4 is 5.91 Å². The Morgan fingerprint density at radius 3 is 2.63 bits per heavy atom. The monoisotopic (exact) mass is 265 g/mol. The van der Waals surface area contributed by atoms with Crippen molar-refractivity contribution in [3.8, 4) is 0 Å². The van der Waals surface area contributed by atoms with Gasteiger partial charge in [-0.15, -0.1) is 0 Å². The van der Waals surface area contributed by atoms with Crippen LogP contribution < -0.4 is 5.32 Å². The highest BCUT2D eigenvalue weighted by atomic mass is 16.2. The molecule has 0 aromatic carbocycles. The maximum Gasteiger partial charge on any atom is 0.242 e. The first-order valence-corrected chi connectivity index (χ1v) is 7.30. The summed E-state index contributed by atoms with van der Waals surface area (Å²) < 4.78 is 2.05. The number of carbonyl (C=O) groups is 1. The zero-order valence-electron chi connectivity index (χ0n) is 12.6. The van der Waals surface area contributed by atoms with E-state index in [0.717, 1.165) is 26.1 Å². The first-order valence-electron chi connectivity index (χ1n) is 7.30. The van der Waals surface area contributed by atoms with Crippen LogP contribution in [0, 0.1) is 0 Å². The Labute approximate surface area is 116 Å². The number of nitrogens with zero attached hydrogens (tertiary/aromatic N) is 2. The Kier molecular flexibility index (Phi) is 6.64. The van der Waals surface area contributed by atoms with E-state index in [2.05, 4.69) is 25.2 Å². The number of carbonyl (C=O) groups excluding carboxylic acids is 1. The molecule has 0 spiro atoms. The van der Waals surface area contributed by atoms with Gasteiger partial charge in [0.1, 0.15) is 6.54 Å². The lowest BCUT2D eigenvalue weighted by Gasteiger charge is -2.21. The van der Waals surface area contributed by atoms with E-state index in [1.807, 2.05) is 35.6 Å². The second-order valence-electron chi connectivity index (χ2n) is 4.80. The number of rotatable bonds is 8. The van der Waals surface area contributed by atoms with E-state index in [-0.39, 0.29) is 11.9 Å². The van der Waals surface area contributed by atoms with Crippen molar-refractivity contribution in [2.75, 3.05) is 19.6 Å². The largest absolute Gasteiger partial charge is 0.342 e. The number of hydrogen-bond donors (Lipinski definition) is 1. The summed E-state index contributed by atoms with van der Waals surface area (Å²) in [6, 6.07) is 4.37. The molecule has 1 aromatic heterocycles. The minimum absolute atomic E-state index is 0.185. The van der Waals surface area contributed by atoms with Gasteiger partial charge < -0.3 is 14.8 Å². The summed E-state index contributed by atoms with van der Waals surface area (Å²) >= 11 is 0. The Balaban J connectivity index is 2.69. The first kappa shape index (κ1) is 15.8. The Morgan fingerprint density at radius 2 is 2.05 bits per heavy atom. The van der Waals surface area contributed by atoms with Crippen LogP contribution in [0.1, 0.15) is 45.9 Å². The van der Waals surface area contributed by atoms with Crippen LogP contribution in [0.3, 0.4) is 0 Å². The van der Waals surface area contributed by atoms with E-state index < -0.39 is 0 Å². The van der Waals surface area contributed by atoms with Gasteiger partial charge in [0.25, 0.3) is 0 Å². The minimum Gasteiger partial charge on any atom is -0.342 e. The number of amides is 1. The van der Waals surface area contributed by atoms with E-state index in [0.29, 0.717) is 6.54 Å². The van der Waals surface area contributed by atoms with E-state index in [4.69, 9.17) is 0 Å². The Hall–Kier alpha value is -1.29. The fourth-order valence-corrected chi connectivity index (χ4v) is 2.25. The quantitative estimate of drug-likeness (QED) is 0.784. The molecule has 1 amide bonds. The highest BCUT2D eigenvalue weighted by molar-refractivity contribution is 5.76. The molecule has 0 saturated heterocycles. The van der Waals surface area contributed by atoms with Gasteiger partial charge in [-0.05, 0) is 45.9 Å². The second kappa shape index (κ2) is 8.00. The van der Waals surface area contributed by atoms with Gasteiger partial charge in [0.2, 0.25) is 5.91 Å². The molecule has 0 saturated carbocycles. The fraction of sp³-hybridized carbons (Fsp3) is 0.667. The molecule has 0 fully saturated rings. The van der Waals surface area contributed by atoms with Gasteiger partial charge in [0.05, 0.1) is 0 Å². The maximum absolute atomic E-state index is 12.1. The third-order valence-corrected chi connectivity index (χ3v) is 3.43. The summed E-state index contributed by atoms with van der Waals surface area (Å²) in [5.41, 5.74) is 1.17. The molecule has 0 aliphatic heterocycles. The van der Waals surface area contributed by atoms with Crippen molar-refractivity contribution in [1.82, 2.24) is 14.8 Å². The van der Waals surface area contributed by atoms with Crippen molar-refractivity contribution in [2.24, 2.45) is 0 Å². The smallest absolute Gasteiger partial charge is 0.242 e. The van der Waals surface area contributed by atoms with Gasteiger partial charge in [-0.2, -0.15) is 0 Å². The standard InChI is InChI=1S/C15H27N3O/c1-5-10-16-13(4)14-9-8-11-18(14)12-15(19)17(6-2)7-3/h8-9,11,13,16H,5-7,10,12H2,1-4H3. The van der Waals surface area contributed by atoms with Gasteiger partial charge >= 0.3 is 0 Å². The molecule has 1 N–H and O–H groups in total. The molecule has 4 nitrogen and oxygen atoms in total. The maximum atomic E-state index is 12.1. The molecular formula is C15H27N3O. The van der Waals surface area contributed by atoms with Crippen molar-refractivity contribution < 1.29 is 4.79 Å².